The summed E-state index contributed by atoms with van der Waals surface area (Å²) < 4.78 is 0. The van der Waals surface area contributed by atoms with Crippen LogP contribution >= 0.6 is 0 Å². The van der Waals surface area contributed by atoms with Gasteiger partial charge in [0.15, 0.2) is 0 Å². The first-order valence-electron chi connectivity index (χ1n) is 5.39. The summed E-state index contributed by atoms with van der Waals surface area (Å²) >= 11 is 0. The lowest BCUT2D eigenvalue weighted by atomic mass is 10.0. The topological polar surface area (TPSA) is 115 Å². The Morgan fingerprint density at radius 1 is 1.56 bits per heavy atom. The lowest BCUT2D eigenvalue weighted by molar-refractivity contribution is -0.385. The Morgan fingerprint density at radius 3 is 2.89 bits per heavy atom. The standard InChI is InChI=1S/C11H12N4O3/c1-6(12)2-7-3-9-8(4-10(7)15(17)18)11(16)14-5-13-9/h3-6H,2,12H2,1H3,(H,13,14,16). The van der Waals surface area contributed by atoms with Gasteiger partial charge < -0.3 is 10.7 Å². The molecule has 3 N–H and O–H groups in total. The van der Waals surface area contributed by atoms with Gasteiger partial charge in [0.1, 0.15) is 0 Å². The van der Waals surface area contributed by atoms with Gasteiger partial charge in [-0.05, 0) is 19.4 Å². The van der Waals surface area contributed by atoms with Crippen molar-refractivity contribution in [2.24, 2.45) is 5.73 Å². The lowest BCUT2D eigenvalue weighted by Crippen LogP contribution is -2.19. The summed E-state index contributed by atoms with van der Waals surface area (Å²) in [5.74, 6) is 0. The number of nitro benzene ring substituents is 1. The molecular weight excluding hydrogens is 236 g/mol. The van der Waals surface area contributed by atoms with E-state index in [9.17, 15) is 14.9 Å². The van der Waals surface area contributed by atoms with E-state index in [0.717, 1.165) is 0 Å². The van der Waals surface area contributed by atoms with Gasteiger partial charge in [0.05, 0.1) is 22.2 Å². The highest BCUT2D eigenvalue weighted by Crippen LogP contribution is 2.23. The van der Waals surface area contributed by atoms with Crippen LogP contribution in [0.1, 0.15) is 12.5 Å². The second-order valence-electron chi connectivity index (χ2n) is 4.17. The molecule has 1 heterocycles. The molecule has 2 rings (SSSR count). The van der Waals surface area contributed by atoms with Crippen LogP contribution in [0.25, 0.3) is 10.9 Å². The van der Waals surface area contributed by atoms with E-state index in [2.05, 4.69) is 9.97 Å². The summed E-state index contributed by atoms with van der Waals surface area (Å²) in [6, 6.07) is 2.59. The molecule has 0 saturated heterocycles. The maximum atomic E-state index is 11.5. The van der Waals surface area contributed by atoms with Gasteiger partial charge in [0.2, 0.25) is 0 Å². The minimum atomic E-state index is -0.510. The largest absolute Gasteiger partial charge is 0.328 e. The fourth-order valence-electron chi connectivity index (χ4n) is 1.83. The second kappa shape index (κ2) is 4.53. The minimum Gasteiger partial charge on any atom is -0.328 e. The van der Waals surface area contributed by atoms with Gasteiger partial charge in [-0.2, -0.15) is 0 Å². The zero-order chi connectivity index (χ0) is 13.3. The third-order valence-electron chi connectivity index (χ3n) is 2.58. The molecule has 0 aliphatic carbocycles. The number of aromatic amines is 1. The molecule has 1 aromatic carbocycles. The molecule has 0 amide bonds. The summed E-state index contributed by atoms with van der Waals surface area (Å²) in [5, 5.41) is 11.2. The molecule has 1 aromatic heterocycles. The number of nitro groups is 1. The summed E-state index contributed by atoms with van der Waals surface area (Å²) in [4.78, 5) is 28.4. The van der Waals surface area contributed by atoms with Crippen molar-refractivity contribution in [2.45, 2.75) is 19.4 Å². The van der Waals surface area contributed by atoms with Gasteiger partial charge in [0.25, 0.3) is 11.2 Å². The number of H-pyrrole nitrogens is 1. The maximum absolute atomic E-state index is 11.5. The quantitative estimate of drug-likeness (QED) is 0.613. The van der Waals surface area contributed by atoms with Crippen molar-refractivity contribution in [3.63, 3.8) is 0 Å². The smallest absolute Gasteiger partial charge is 0.273 e. The molecule has 0 bridgehead atoms. The summed E-state index contributed by atoms with van der Waals surface area (Å²) in [6.45, 7) is 1.76. The van der Waals surface area contributed by atoms with Gasteiger partial charge >= 0.3 is 0 Å². The Morgan fingerprint density at radius 2 is 2.28 bits per heavy atom. The van der Waals surface area contributed by atoms with Crippen molar-refractivity contribution >= 4 is 16.6 Å². The van der Waals surface area contributed by atoms with Crippen LogP contribution in [-0.4, -0.2) is 20.9 Å². The predicted molar refractivity (Wildman–Crippen MR) is 66.4 cm³/mol. The van der Waals surface area contributed by atoms with Crippen molar-refractivity contribution in [3.8, 4) is 0 Å². The van der Waals surface area contributed by atoms with Gasteiger partial charge in [-0.25, -0.2) is 4.98 Å². The number of rotatable bonds is 3. The first-order chi connectivity index (χ1) is 8.49. The molecule has 18 heavy (non-hydrogen) atoms. The van der Waals surface area contributed by atoms with Gasteiger partial charge in [-0.3, -0.25) is 14.9 Å². The Kier molecular flexibility index (Phi) is 3.07. The zero-order valence-corrected chi connectivity index (χ0v) is 9.71. The number of aromatic nitrogens is 2. The molecule has 0 saturated carbocycles. The van der Waals surface area contributed by atoms with Crippen LogP contribution in [0.3, 0.4) is 0 Å². The van der Waals surface area contributed by atoms with Gasteiger partial charge in [-0.1, -0.05) is 0 Å². The fourth-order valence-corrected chi connectivity index (χ4v) is 1.83. The van der Waals surface area contributed by atoms with Crippen molar-refractivity contribution in [1.29, 1.82) is 0 Å². The Balaban J connectivity index is 2.72. The Bertz CT molecular complexity index is 663. The van der Waals surface area contributed by atoms with E-state index in [1.54, 1.807) is 13.0 Å². The van der Waals surface area contributed by atoms with Crippen molar-refractivity contribution < 1.29 is 4.92 Å². The number of nitrogens with one attached hydrogen (secondary N) is 1. The molecule has 94 valence electrons. The van der Waals surface area contributed by atoms with Gasteiger partial charge in [-0.15, -0.1) is 0 Å². The number of fused-ring (bicyclic) bond motifs is 1. The molecule has 2 aromatic rings. The van der Waals surface area contributed by atoms with Crippen LogP contribution in [0.2, 0.25) is 0 Å². The van der Waals surface area contributed by atoms with Crippen LogP contribution < -0.4 is 11.3 Å². The molecule has 0 spiro atoms. The predicted octanol–water partition coefficient (Wildman–Crippen LogP) is 0.721. The molecule has 7 nitrogen and oxygen atoms in total. The monoisotopic (exact) mass is 248 g/mol. The average Bonchev–Trinajstić information content (AvgIpc) is 2.27. The normalized spacial score (nSPS) is 12.6. The molecule has 0 radical (unpaired) electrons. The number of nitrogens with zero attached hydrogens (tertiary/aromatic N) is 2. The van der Waals surface area contributed by atoms with E-state index in [1.807, 2.05) is 0 Å². The highest BCUT2D eigenvalue weighted by Gasteiger charge is 2.17. The SMILES string of the molecule is CC(N)Cc1cc2nc[nH]c(=O)c2cc1[N+](=O)[O-]. The van der Waals surface area contributed by atoms with Gasteiger partial charge in [0, 0.05) is 17.7 Å². The van der Waals surface area contributed by atoms with E-state index in [-0.39, 0.29) is 17.1 Å². The third-order valence-corrected chi connectivity index (χ3v) is 2.58. The highest BCUT2D eigenvalue weighted by atomic mass is 16.6. The summed E-state index contributed by atoms with van der Waals surface area (Å²) in [5.41, 5.74) is 6.08. The van der Waals surface area contributed by atoms with E-state index in [4.69, 9.17) is 5.73 Å². The Labute approximate surface area is 102 Å². The molecule has 1 atom stereocenters. The molecule has 0 aliphatic rings. The average molecular weight is 248 g/mol. The first kappa shape index (κ1) is 12.2. The molecular formula is C11H12N4O3. The van der Waals surface area contributed by atoms with Crippen LogP contribution in [0.5, 0.6) is 0 Å². The van der Waals surface area contributed by atoms with Crippen LogP contribution in [0.4, 0.5) is 5.69 Å². The van der Waals surface area contributed by atoms with Crippen LogP contribution in [0, 0.1) is 10.1 Å². The summed E-state index contributed by atoms with van der Waals surface area (Å²) in [7, 11) is 0. The van der Waals surface area contributed by atoms with Crippen molar-refractivity contribution in [1.82, 2.24) is 9.97 Å². The second-order valence-corrected chi connectivity index (χ2v) is 4.17. The van der Waals surface area contributed by atoms with E-state index < -0.39 is 10.5 Å². The number of hydrogen-bond donors (Lipinski definition) is 2. The van der Waals surface area contributed by atoms with Crippen LogP contribution in [-0.2, 0) is 6.42 Å². The molecule has 0 fully saturated rings. The fraction of sp³-hybridized carbons (Fsp3) is 0.273. The number of benzene rings is 1. The first-order valence-corrected chi connectivity index (χ1v) is 5.39. The van der Waals surface area contributed by atoms with Crippen molar-refractivity contribution in [2.75, 3.05) is 0 Å². The van der Waals surface area contributed by atoms with E-state index in [1.165, 1.54) is 12.4 Å². The number of nitrogens with two attached hydrogens (primary N) is 1. The zero-order valence-electron chi connectivity index (χ0n) is 9.71. The third kappa shape index (κ3) is 2.21. The molecule has 0 aliphatic heterocycles. The number of hydrogen-bond acceptors (Lipinski definition) is 5. The summed E-state index contributed by atoms with van der Waals surface area (Å²) in [6.07, 6.45) is 1.63. The van der Waals surface area contributed by atoms with E-state index in [0.29, 0.717) is 17.5 Å². The minimum absolute atomic E-state index is 0.0988. The highest BCUT2D eigenvalue weighted by molar-refractivity contribution is 5.81. The molecule has 1 unspecified atom stereocenters. The van der Waals surface area contributed by atoms with Crippen molar-refractivity contribution in [3.05, 3.63) is 44.5 Å². The molecule has 7 heteroatoms. The van der Waals surface area contributed by atoms with Crippen LogP contribution in [0.15, 0.2) is 23.3 Å². The Hall–Kier alpha value is -2.28. The lowest BCUT2D eigenvalue weighted by Gasteiger charge is -2.07. The van der Waals surface area contributed by atoms with E-state index >= 15 is 0 Å². The maximum Gasteiger partial charge on any atom is 0.273 e.